The highest BCUT2D eigenvalue weighted by molar-refractivity contribution is 5.66. The lowest BCUT2D eigenvalue weighted by molar-refractivity contribution is 0.592. The van der Waals surface area contributed by atoms with Gasteiger partial charge in [-0.3, -0.25) is 4.79 Å². The van der Waals surface area contributed by atoms with Crippen LogP contribution in [0.25, 0.3) is 11.1 Å². The molecular formula is C12H10F2N2O. The number of hydrogen-bond donors (Lipinski definition) is 2. The Bertz CT molecular complexity index is 612. The Morgan fingerprint density at radius 2 is 1.59 bits per heavy atom. The molecule has 2 rings (SSSR count). The van der Waals surface area contributed by atoms with E-state index in [4.69, 9.17) is 5.73 Å². The van der Waals surface area contributed by atoms with Crippen LogP contribution in [0, 0.1) is 18.6 Å². The van der Waals surface area contributed by atoms with Gasteiger partial charge in [-0.05, 0) is 36.2 Å². The summed E-state index contributed by atoms with van der Waals surface area (Å²) in [4.78, 5) is 13.8. The number of hydrogen-bond acceptors (Lipinski definition) is 2. The van der Waals surface area contributed by atoms with Gasteiger partial charge in [0.25, 0.3) is 0 Å². The molecule has 0 amide bonds. The maximum atomic E-state index is 13.3. The second-order valence-corrected chi connectivity index (χ2v) is 3.77. The van der Waals surface area contributed by atoms with E-state index in [-0.39, 0.29) is 11.1 Å². The van der Waals surface area contributed by atoms with Crippen molar-refractivity contribution in [1.82, 2.24) is 4.98 Å². The van der Waals surface area contributed by atoms with Crippen LogP contribution < -0.4 is 11.3 Å². The van der Waals surface area contributed by atoms with E-state index in [0.717, 1.165) is 12.1 Å². The summed E-state index contributed by atoms with van der Waals surface area (Å²) in [7, 11) is 0. The number of nitrogens with two attached hydrogens (primary N) is 1. The number of H-pyrrole nitrogens is 1. The average Bonchev–Trinajstić information content (AvgIpc) is 2.23. The number of nitrogens with one attached hydrogen (secondary N) is 1. The van der Waals surface area contributed by atoms with Gasteiger partial charge in [0.15, 0.2) is 0 Å². The van der Waals surface area contributed by atoms with E-state index in [9.17, 15) is 13.6 Å². The van der Waals surface area contributed by atoms with E-state index in [2.05, 4.69) is 4.98 Å². The molecule has 0 spiro atoms. The summed E-state index contributed by atoms with van der Waals surface area (Å²) in [6.07, 6.45) is 0. The molecule has 0 atom stereocenters. The zero-order valence-electron chi connectivity index (χ0n) is 9.05. The average molecular weight is 236 g/mol. The first-order valence-corrected chi connectivity index (χ1v) is 4.93. The molecule has 5 heteroatoms. The number of halogens is 2. The molecule has 0 aliphatic carbocycles. The van der Waals surface area contributed by atoms with Crippen molar-refractivity contribution in [2.75, 3.05) is 5.73 Å². The summed E-state index contributed by atoms with van der Waals surface area (Å²) < 4.78 is 26.6. The molecule has 1 aromatic carbocycles. The number of aromatic nitrogens is 1. The monoisotopic (exact) mass is 236 g/mol. The van der Waals surface area contributed by atoms with Crippen molar-refractivity contribution in [1.29, 1.82) is 0 Å². The van der Waals surface area contributed by atoms with Gasteiger partial charge >= 0.3 is 0 Å². The van der Waals surface area contributed by atoms with Crippen LogP contribution in [0.1, 0.15) is 5.69 Å². The van der Waals surface area contributed by atoms with Crippen molar-refractivity contribution in [2.24, 2.45) is 0 Å². The molecular weight excluding hydrogens is 226 g/mol. The van der Waals surface area contributed by atoms with E-state index >= 15 is 0 Å². The van der Waals surface area contributed by atoms with Gasteiger partial charge in [-0.2, -0.15) is 0 Å². The lowest BCUT2D eigenvalue weighted by Gasteiger charge is -2.05. The maximum absolute atomic E-state index is 13.3. The van der Waals surface area contributed by atoms with Crippen molar-refractivity contribution in [3.05, 3.63) is 51.9 Å². The number of anilines is 1. The first-order chi connectivity index (χ1) is 7.97. The van der Waals surface area contributed by atoms with Gasteiger partial charge in [0.05, 0.1) is 0 Å². The third kappa shape index (κ3) is 2.18. The highest BCUT2D eigenvalue weighted by Crippen LogP contribution is 2.24. The Morgan fingerprint density at radius 1 is 1.06 bits per heavy atom. The van der Waals surface area contributed by atoms with Crippen molar-refractivity contribution in [3.63, 3.8) is 0 Å². The number of aryl methyl sites for hydroxylation is 1. The number of pyridine rings is 1. The van der Waals surface area contributed by atoms with Gasteiger partial charge in [-0.1, -0.05) is 0 Å². The van der Waals surface area contributed by atoms with Crippen LogP contribution in [0.2, 0.25) is 0 Å². The Morgan fingerprint density at radius 3 is 2.12 bits per heavy atom. The summed E-state index contributed by atoms with van der Waals surface area (Å²) in [6.45, 7) is 1.69. The predicted molar refractivity (Wildman–Crippen MR) is 61.6 cm³/mol. The molecule has 0 saturated carbocycles. The van der Waals surface area contributed by atoms with Gasteiger partial charge in [0, 0.05) is 11.8 Å². The van der Waals surface area contributed by atoms with Crippen molar-refractivity contribution in [2.45, 2.75) is 6.92 Å². The topological polar surface area (TPSA) is 58.9 Å². The number of rotatable bonds is 1. The number of nitrogen functional groups attached to an aromatic ring is 1. The van der Waals surface area contributed by atoms with Crippen molar-refractivity contribution in [3.8, 4) is 11.1 Å². The third-order valence-corrected chi connectivity index (χ3v) is 2.39. The number of benzene rings is 1. The summed E-state index contributed by atoms with van der Waals surface area (Å²) in [6, 6.07) is 5.11. The minimum atomic E-state index is -0.835. The summed E-state index contributed by atoms with van der Waals surface area (Å²) >= 11 is 0. The Labute approximate surface area is 95.9 Å². The molecule has 0 bridgehead atoms. The van der Waals surface area contributed by atoms with Gasteiger partial charge in [0.1, 0.15) is 17.3 Å². The van der Waals surface area contributed by atoms with E-state index in [0.29, 0.717) is 11.3 Å². The molecule has 0 radical (unpaired) electrons. The molecule has 1 heterocycles. The fourth-order valence-corrected chi connectivity index (χ4v) is 1.60. The maximum Gasteiger partial charge on any atom is 0.248 e. The van der Waals surface area contributed by atoms with Crippen LogP contribution in [-0.4, -0.2) is 4.98 Å². The fraction of sp³-hybridized carbons (Fsp3) is 0.0833. The highest BCUT2D eigenvalue weighted by atomic mass is 19.1. The van der Waals surface area contributed by atoms with Crippen molar-refractivity contribution >= 4 is 5.69 Å². The second-order valence-electron chi connectivity index (χ2n) is 3.77. The Kier molecular flexibility index (Phi) is 2.67. The van der Waals surface area contributed by atoms with Crippen molar-refractivity contribution < 1.29 is 8.78 Å². The minimum Gasteiger partial charge on any atom is -0.394 e. The summed E-state index contributed by atoms with van der Waals surface area (Å²) in [5, 5.41) is 0. The Hall–Kier alpha value is -2.17. The molecule has 3 nitrogen and oxygen atoms in total. The van der Waals surface area contributed by atoms with Crippen LogP contribution in [-0.2, 0) is 0 Å². The molecule has 0 fully saturated rings. The molecule has 0 saturated heterocycles. The minimum absolute atomic E-state index is 0.281. The summed E-state index contributed by atoms with van der Waals surface area (Å²) in [5.74, 6) is -1.67. The molecule has 1 aromatic heterocycles. The molecule has 0 aliphatic heterocycles. The van der Waals surface area contributed by atoms with Crippen LogP contribution in [0.4, 0.5) is 14.5 Å². The largest absolute Gasteiger partial charge is 0.394 e. The standard InChI is InChI=1S/C12H10F2N2O/c1-6-2-7(5-11(17)16-6)8-3-9(13)12(15)10(14)4-8/h2-5H,15H2,1H3,(H,16,17). The van der Waals surface area contributed by atoms with Crippen LogP contribution in [0.15, 0.2) is 29.1 Å². The van der Waals surface area contributed by atoms with E-state index in [1.807, 2.05) is 0 Å². The van der Waals surface area contributed by atoms with Crippen LogP contribution in [0.5, 0.6) is 0 Å². The molecule has 17 heavy (non-hydrogen) atoms. The summed E-state index contributed by atoms with van der Waals surface area (Å²) in [5.41, 5.74) is 5.68. The highest BCUT2D eigenvalue weighted by Gasteiger charge is 2.09. The zero-order chi connectivity index (χ0) is 12.6. The van der Waals surface area contributed by atoms with E-state index in [1.54, 1.807) is 13.0 Å². The number of aromatic amines is 1. The SMILES string of the molecule is Cc1cc(-c2cc(F)c(N)c(F)c2)cc(=O)[nH]1. The molecule has 3 N–H and O–H groups in total. The molecule has 88 valence electrons. The Balaban J connectivity index is 2.64. The fourth-order valence-electron chi connectivity index (χ4n) is 1.60. The smallest absolute Gasteiger partial charge is 0.248 e. The zero-order valence-corrected chi connectivity index (χ0v) is 9.05. The van der Waals surface area contributed by atoms with Gasteiger partial charge in [-0.15, -0.1) is 0 Å². The third-order valence-electron chi connectivity index (χ3n) is 2.39. The van der Waals surface area contributed by atoms with E-state index < -0.39 is 17.3 Å². The van der Waals surface area contributed by atoms with Gasteiger partial charge < -0.3 is 10.7 Å². The second kappa shape index (κ2) is 4.01. The molecule has 0 unspecified atom stereocenters. The quantitative estimate of drug-likeness (QED) is 0.746. The van der Waals surface area contributed by atoms with E-state index in [1.165, 1.54) is 6.07 Å². The van der Waals surface area contributed by atoms with Crippen LogP contribution >= 0.6 is 0 Å². The van der Waals surface area contributed by atoms with Gasteiger partial charge in [-0.25, -0.2) is 8.78 Å². The molecule has 2 aromatic rings. The normalized spacial score (nSPS) is 10.5. The molecule has 0 aliphatic rings. The lowest BCUT2D eigenvalue weighted by atomic mass is 10.1. The first-order valence-electron chi connectivity index (χ1n) is 4.93. The predicted octanol–water partition coefficient (Wildman–Crippen LogP) is 2.21. The lowest BCUT2D eigenvalue weighted by Crippen LogP contribution is -2.06. The first kappa shape index (κ1) is 11.3. The van der Waals surface area contributed by atoms with Crippen LogP contribution in [0.3, 0.4) is 0 Å². The van der Waals surface area contributed by atoms with Gasteiger partial charge in [0.2, 0.25) is 5.56 Å².